The molecule has 0 aliphatic carbocycles. The van der Waals surface area contributed by atoms with Crippen molar-refractivity contribution in [1.82, 2.24) is 0 Å². The molecule has 0 radical (unpaired) electrons. The second-order valence-corrected chi connectivity index (χ2v) is 3.22. The monoisotopic (exact) mass is 154 g/mol. The summed E-state index contributed by atoms with van der Waals surface area (Å²) in [5, 5.41) is 0. The smallest absolute Gasteiger partial charge is 0.159 e. The number of rotatable bonds is 2. The zero-order chi connectivity index (χ0) is 8.32. The standard InChI is InChI=1S/C9H14O2/c1-4-9(2,3)11-8-6-5-7-10-8/h1,8H,5-7H2,2-3H3. The van der Waals surface area contributed by atoms with Gasteiger partial charge >= 0.3 is 0 Å². The summed E-state index contributed by atoms with van der Waals surface area (Å²) >= 11 is 0. The fourth-order valence-corrected chi connectivity index (χ4v) is 1.00. The summed E-state index contributed by atoms with van der Waals surface area (Å²) < 4.78 is 10.8. The third-order valence-electron chi connectivity index (χ3n) is 1.66. The van der Waals surface area contributed by atoms with E-state index in [4.69, 9.17) is 15.9 Å². The zero-order valence-corrected chi connectivity index (χ0v) is 7.09. The molecule has 1 saturated heterocycles. The van der Waals surface area contributed by atoms with Crippen LogP contribution < -0.4 is 0 Å². The minimum absolute atomic E-state index is 0.0824. The van der Waals surface area contributed by atoms with Gasteiger partial charge in [-0.3, -0.25) is 0 Å². The number of ether oxygens (including phenoxy) is 2. The van der Waals surface area contributed by atoms with Gasteiger partial charge in [-0.1, -0.05) is 5.92 Å². The maximum atomic E-state index is 5.49. The van der Waals surface area contributed by atoms with Crippen LogP contribution in [-0.4, -0.2) is 18.5 Å². The molecule has 11 heavy (non-hydrogen) atoms. The van der Waals surface area contributed by atoms with E-state index in [1.54, 1.807) is 0 Å². The van der Waals surface area contributed by atoms with E-state index < -0.39 is 5.60 Å². The van der Waals surface area contributed by atoms with Crippen LogP contribution in [0, 0.1) is 12.3 Å². The topological polar surface area (TPSA) is 18.5 Å². The Morgan fingerprint density at radius 1 is 1.64 bits per heavy atom. The first-order valence-electron chi connectivity index (χ1n) is 3.91. The van der Waals surface area contributed by atoms with E-state index in [1.165, 1.54) is 0 Å². The zero-order valence-electron chi connectivity index (χ0n) is 7.09. The van der Waals surface area contributed by atoms with Crippen LogP contribution in [0.1, 0.15) is 26.7 Å². The molecule has 1 fully saturated rings. The molecular formula is C9H14O2. The molecule has 0 spiro atoms. The van der Waals surface area contributed by atoms with Crippen LogP contribution in [0.3, 0.4) is 0 Å². The first-order valence-corrected chi connectivity index (χ1v) is 3.91. The Hall–Kier alpha value is -0.520. The molecule has 1 aliphatic heterocycles. The van der Waals surface area contributed by atoms with E-state index in [2.05, 4.69) is 5.92 Å². The van der Waals surface area contributed by atoms with Crippen LogP contribution in [0.15, 0.2) is 0 Å². The Kier molecular flexibility index (Phi) is 2.53. The van der Waals surface area contributed by atoms with Gasteiger partial charge in [0.2, 0.25) is 0 Å². The molecule has 0 saturated carbocycles. The van der Waals surface area contributed by atoms with Gasteiger partial charge in [0.05, 0.1) is 0 Å². The van der Waals surface area contributed by atoms with Gasteiger partial charge in [0.1, 0.15) is 5.60 Å². The van der Waals surface area contributed by atoms with E-state index in [0.717, 1.165) is 19.4 Å². The van der Waals surface area contributed by atoms with Gasteiger partial charge in [0.25, 0.3) is 0 Å². The van der Waals surface area contributed by atoms with E-state index in [0.29, 0.717) is 0 Å². The lowest BCUT2D eigenvalue weighted by atomic mass is 10.1. The Morgan fingerprint density at radius 3 is 2.82 bits per heavy atom. The third-order valence-corrected chi connectivity index (χ3v) is 1.66. The highest BCUT2D eigenvalue weighted by atomic mass is 16.7. The Labute approximate surface area is 67.9 Å². The molecule has 0 aromatic carbocycles. The largest absolute Gasteiger partial charge is 0.353 e. The van der Waals surface area contributed by atoms with Crippen molar-refractivity contribution < 1.29 is 9.47 Å². The predicted octanol–water partition coefficient (Wildman–Crippen LogP) is 1.55. The highest BCUT2D eigenvalue weighted by Gasteiger charge is 2.24. The van der Waals surface area contributed by atoms with Gasteiger partial charge in [-0.15, -0.1) is 6.42 Å². The summed E-state index contributed by atoms with van der Waals surface area (Å²) in [6.45, 7) is 4.54. The van der Waals surface area contributed by atoms with E-state index in [9.17, 15) is 0 Å². The highest BCUT2D eigenvalue weighted by Crippen LogP contribution is 2.19. The van der Waals surface area contributed by atoms with Crippen molar-refractivity contribution in [2.45, 2.75) is 38.6 Å². The molecule has 2 heteroatoms. The number of hydrogen-bond donors (Lipinski definition) is 0. The second kappa shape index (κ2) is 3.25. The Morgan fingerprint density at radius 2 is 2.36 bits per heavy atom. The summed E-state index contributed by atoms with van der Waals surface area (Å²) in [6.07, 6.45) is 7.21. The van der Waals surface area contributed by atoms with Crippen LogP contribution in [0.5, 0.6) is 0 Å². The molecule has 0 N–H and O–H groups in total. The first-order chi connectivity index (χ1) is 5.14. The minimum atomic E-state index is -0.491. The van der Waals surface area contributed by atoms with Gasteiger partial charge < -0.3 is 9.47 Å². The molecule has 1 heterocycles. The summed E-state index contributed by atoms with van der Waals surface area (Å²) in [6, 6.07) is 0. The van der Waals surface area contributed by atoms with Crippen LogP contribution >= 0.6 is 0 Å². The molecule has 1 atom stereocenters. The van der Waals surface area contributed by atoms with Crippen molar-refractivity contribution in [3.05, 3.63) is 0 Å². The van der Waals surface area contributed by atoms with Crippen molar-refractivity contribution in [1.29, 1.82) is 0 Å². The first kappa shape index (κ1) is 8.58. The van der Waals surface area contributed by atoms with Crippen LogP contribution in [-0.2, 0) is 9.47 Å². The number of hydrogen-bond acceptors (Lipinski definition) is 2. The molecule has 1 aliphatic rings. The van der Waals surface area contributed by atoms with Crippen molar-refractivity contribution in [2.24, 2.45) is 0 Å². The maximum Gasteiger partial charge on any atom is 0.159 e. The molecule has 0 aromatic heterocycles. The summed E-state index contributed by atoms with van der Waals surface area (Å²) in [5.41, 5.74) is -0.491. The molecule has 1 unspecified atom stereocenters. The predicted molar refractivity (Wildman–Crippen MR) is 43.0 cm³/mol. The Balaban J connectivity index is 2.35. The van der Waals surface area contributed by atoms with Gasteiger partial charge in [-0.25, -0.2) is 0 Å². The highest BCUT2D eigenvalue weighted by molar-refractivity contribution is 5.03. The average Bonchev–Trinajstić information content (AvgIpc) is 2.39. The fraction of sp³-hybridized carbons (Fsp3) is 0.778. The van der Waals surface area contributed by atoms with Crippen LogP contribution in [0.4, 0.5) is 0 Å². The molecular weight excluding hydrogens is 140 g/mol. The lowest BCUT2D eigenvalue weighted by Gasteiger charge is -2.22. The SMILES string of the molecule is C#CC(C)(C)OC1CCCO1. The van der Waals surface area contributed by atoms with Gasteiger partial charge in [0.15, 0.2) is 6.29 Å². The van der Waals surface area contributed by atoms with Gasteiger partial charge in [-0.05, 0) is 20.3 Å². The van der Waals surface area contributed by atoms with E-state index in [-0.39, 0.29) is 6.29 Å². The molecule has 2 nitrogen and oxygen atoms in total. The summed E-state index contributed by atoms with van der Waals surface area (Å²) in [7, 11) is 0. The molecule has 0 aromatic rings. The normalized spacial score (nSPS) is 25.0. The third kappa shape index (κ3) is 2.53. The molecule has 1 rings (SSSR count). The quantitative estimate of drug-likeness (QED) is 0.562. The molecule has 0 amide bonds. The second-order valence-electron chi connectivity index (χ2n) is 3.22. The average molecular weight is 154 g/mol. The lowest BCUT2D eigenvalue weighted by molar-refractivity contribution is -0.157. The maximum absolute atomic E-state index is 5.49. The van der Waals surface area contributed by atoms with Crippen molar-refractivity contribution >= 4 is 0 Å². The van der Waals surface area contributed by atoms with E-state index >= 15 is 0 Å². The Bertz CT molecular complexity index is 161. The minimum Gasteiger partial charge on any atom is -0.353 e. The van der Waals surface area contributed by atoms with Gasteiger partial charge in [0, 0.05) is 13.0 Å². The van der Waals surface area contributed by atoms with Crippen LogP contribution in [0.25, 0.3) is 0 Å². The van der Waals surface area contributed by atoms with Crippen molar-refractivity contribution in [3.8, 4) is 12.3 Å². The number of terminal acetylenes is 1. The summed E-state index contributed by atoms with van der Waals surface area (Å²) in [4.78, 5) is 0. The van der Waals surface area contributed by atoms with Crippen LogP contribution in [0.2, 0.25) is 0 Å². The molecule has 0 bridgehead atoms. The summed E-state index contributed by atoms with van der Waals surface area (Å²) in [5.74, 6) is 2.57. The van der Waals surface area contributed by atoms with Gasteiger partial charge in [-0.2, -0.15) is 0 Å². The van der Waals surface area contributed by atoms with E-state index in [1.807, 2.05) is 13.8 Å². The van der Waals surface area contributed by atoms with Crippen molar-refractivity contribution in [2.75, 3.05) is 6.61 Å². The van der Waals surface area contributed by atoms with Crippen molar-refractivity contribution in [3.63, 3.8) is 0 Å². The molecule has 62 valence electrons. The fourth-order valence-electron chi connectivity index (χ4n) is 1.00. The lowest BCUT2D eigenvalue weighted by Crippen LogP contribution is -2.28.